The van der Waals surface area contributed by atoms with Crippen molar-refractivity contribution < 1.29 is 28.4 Å². The van der Waals surface area contributed by atoms with Crippen molar-refractivity contribution in [2.24, 2.45) is 0 Å². The van der Waals surface area contributed by atoms with Crippen LogP contribution in [0.2, 0.25) is 0 Å². The van der Waals surface area contributed by atoms with Crippen molar-refractivity contribution in [3.8, 4) is 0 Å². The summed E-state index contributed by atoms with van der Waals surface area (Å²) >= 11 is 0. The molecule has 1 unspecified atom stereocenters. The van der Waals surface area contributed by atoms with Crippen molar-refractivity contribution in [3.05, 3.63) is 0 Å². The van der Waals surface area contributed by atoms with Gasteiger partial charge in [-0.25, -0.2) is 0 Å². The van der Waals surface area contributed by atoms with Crippen LogP contribution in [0.15, 0.2) is 0 Å². The Morgan fingerprint density at radius 2 is 2.12 bits per heavy atom. The second kappa shape index (κ2) is 4.39. The number of aliphatic hydroxyl groups excluding tert-OH is 1. The molecule has 0 aromatic heterocycles. The Morgan fingerprint density at radius 3 is 2.38 bits per heavy atom. The van der Waals surface area contributed by atoms with E-state index >= 15 is 0 Å². The van der Waals surface area contributed by atoms with Gasteiger partial charge in [0.25, 0.3) is 0 Å². The summed E-state index contributed by atoms with van der Waals surface area (Å²) < 4.78 is 4.83. The predicted octanol–water partition coefficient (Wildman–Crippen LogP) is 0.503. The summed E-state index contributed by atoms with van der Waals surface area (Å²) in [6, 6.07) is 0. The fraction of sp³-hybridized carbons (Fsp3) is 1.00. The molecule has 1 radical (unpaired) electrons. The van der Waals surface area contributed by atoms with E-state index in [0.717, 1.165) is 25.9 Å². The third kappa shape index (κ3) is 2.72. The van der Waals surface area contributed by atoms with Gasteiger partial charge in [-0.3, -0.25) is 0 Å². The summed E-state index contributed by atoms with van der Waals surface area (Å²) in [6.07, 6.45) is 2.58. The summed E-state index contributed by atoms with van der Waals surface area (Å²) in [5.74, 6) is 0. The molecule has 47 valence electrons. The van der Waals surface area contributed by atoms with Gasteiger partial charge < -0.3 is 9.84 Å². The Kier molecular flexibility index (Phi) is 4.67. The minimum absolute atomic E-state index is 0. The first-order valence-electron chi connectivity index (χ1n) is 2.69. The molecule has 0 saturated carbocycles. The van der Waals surface area contributed by atoms with E-state index in [9.17, 15) is 0 Å². The minimum atomic E-state index is -0.464. The van der Waals surface area contributed by atoms with Crippen LogP contribution >= 0.6 is 0 Å². The summed E-state index contributed by atoms with van der Waals surface area (Å²) in [5.41, 5.74) is 0. The molecule has 3 heteroatoms. The maximum atomic E-state index is 8.69. The standard InChI is InChI=1S/C5H10O2.V/c6-5-3-1-2-4-7-5;/h5-6H,1-4H2;. The Morgan fingerprint density at radius 1 is 1.38 bits per heavy atom. The summed E-state index contributed by atoms with van der Waals surface area (Å²) in [6.45, 7) is 0.737. The zero-order chi connectivity index (χ0) is 5.11. The SMILES string of the molecule is OC1CCCCO1.[V]. The zero-order valence-electron chi connectivity index (χ0n) is 4.71. The Labute approximate surface area is 61.1 Å². The number of hydrogen-bond acceptors (Lipinski definition) is 2. The van der Waals surface area contributed by atoms with Gasteiger partial charge in [0.15, 0.2) is 6.29 Å². The maximum absolute atomic E-state index is 8.69. The second-order valence-corrected chi connectivity index (χ2v) is 1.82. The summed E-state index contributed by atoms with van der Waals surface area (Å²) in [5, 5.41) is 8.69. The Bertz CT molecular complexity index is 52.4. The maximum Gasteiger partial charge on any atom is 0.154 e. The van der Waals surface area contributed by atoms with E-state index < -0.39 is 6.29 Å². The third-order valence-electron chi connectivity index (χ3n) is 1.16. The molecule has 1 fully saturated rings. The molecule has 0 bridgehead atoms. The van der Waals surface area contributed by atoms with Crippen LogP contribution in [0.5, 0.6) is 0 Å². The average molecular weight is 153 g/mol. The van der Waals surface area contributed by atoms with Crippen LogP contribution in [0.4, 0.5) is 0 Å². The molecule has 0 aromatic carbocycles. The molecule has 1 saturated heterocycles. The smallest absolute Gasteiger partial charge is 0.154 e. The van der Waals surface area contributed by atoms with Gasteiger partial charge in [-0.1, -0.05) is 0 Å². The van der Waals surface area contributed by atoms with Crippen LogP contribution in [0, 0.1) is 0 Å². The average Bonchev–Trinajstić information content (AvgIpc) is 1.69. The second-order valence-electron chi connectivity index (χ2n) is 1.82. The number of ether oxygens (including phenoxy) is 1. The molecule has 1 atom stereocenters. The molecule has 1 aliphatic rings. The quantitative estimate of drug-likeness (QED) is 0.549. The van der Waals surface area contributed by atoms with Gasteiger partial charge in [-0.05, 0) is 19.3 Å². The van der Waals surface area contributed by atoms with Crippen molar-refractivity contribution in [1.82, 2.24) is 0 Å². The third-order valence-corrected chi connectivity index (χ3v) is 1.16. The molecule has 0 spiro atoms. The van der Waals surface area contributed by atoms with Gasteiger partial charge in [0.05, 0.1) is 0 Å². The van der Waals surface area contributed by atoms with E-state index in [0.29, 0.717) is 0 Å². The molecular formula is C5H10O2V. The zero-order valence-corrected chi connectivity index (χ0v) is 6.11. The molecular weight excluding hydrogens is 143 g/mol. The van der Waals surface area contributed by atoms with Crippen molar-refractivity contribution in [3.63, 3.8) is 0 Å². The van der Waals surface area contributed by atoms with Crippen LogP contribution in [0.1, 0.15) is 19.3 Å². The molecule has 8 heavy (non-hydrogen) atoms. The topological polar surface area (TPSA) is 29.5 Å². The predicted molar refractivity (Wildman–Crippen MR) is 25.8 cm³/mol. The molecule has 0 aliphatic carbocycles. The monoisotopic (exact) mass is 153 g/mol. The fourth-order valence-electron chi connectivity index (χ4n) is 0.724. The molecule has 0 aromatic rings. The van der Waals surface area contributed by atoms with Crippen LogP contribution in [-0.4, -0.2) is 18.0 Å². The van der Waals surface area contributed by atoms with E-state index in [4.69, 9.17) is 9.84 Å². The van der Waals surface area contributed by atoms with Crippen LogP contribution < -0.4 is 0 Å². The Balaban J connectivity index is 0.000000490. The fourth-order valence-corrected chi connectivity index (χ4v) is 0.724. The molecule has 0 amide bonds. The van der Waals surface area contributed by atoms with Crippen molar-refractivity contribution >= 4 is 0 Å². The van der Waals surface area contributed by atoms with Crippen LogP contribution in [-0.2, 0) is 23.3 Å². The Hall–Kier alpha value is 0.504. The molecule has 2 nitrogen and oxygen atoms in total. The van der Waals surface area contributed by atoms with E-state index in [1.807, 2.05) is 0 Å². The minimum Gasteiger partial charge on any atom is -0.368 e. The van der Waals surface area contributed by atoms with E-state index in [1.165, 1.54) is 0 Å². The van der Waals surface area contributed by atoms with Gasteiger partial charge in [0.2, 0.25) is 0 Å². The normalized spacial score (nSPS) is 28.9. The first-order valence-corrected chi connectivity index (χ1v) is 2.69. The van der Waals surface area contributed by atoms with Gasteiger partial charge in [-0.15, -0.1) is 0 Å². The van der Waals surface area contributed by atoms with E-state index in [1.54, 1.807) is 0 Å². The van der Waals surface area contributed by atoms with Crippen molar-refractivity contribution in [2.45, 2.75) is 25.6 Å². The first kappa shape index (κ1) is 8.50. The van der Waals surface area contributed by atoms with Gasteiger partial charge in [-0.2, -0.15) is 0 Å². The summed E-state index contributed by atoms with van der Waals surface area (Å²) in [4.78, 5) is 0. The largest absolute Gasteiger partial charge is 0.368 e. The number of aliphatic hydroxyl groups is 1. The van der Waals surface area contributed by atoms with E-state index in [2.05, 4.69) is 0 Å². The number of hydrogen-bond donors (Lipinski definition) is 1. The van der Waals surface area contributed by atoms with Crippen LogP contribution in [0.25, 0.3) is 0 Å². The van der Waals surface area contributed by atoms with E-state index in [-0.39, 0.29) is 18.6 Å². The van der Waals surface area contributed by atoms with Gasteiger partial charge >= 0.3 is 0 Å². The van der Waals surface area contributed by atoms with Crippen LogP contribution in [0.3, 0.4) is 0 Å². The summed E-state index contributed by atoms with van der Waals surface area (Å²) in [7, 11) is 0. The molecule has 1 aliphatic heterocycles. The number of rotatable bonds is 0. The van der Waals surface area contributed by atoms with Crippen molar-refractivity contribution in [2.75, 3.05) is 6.61 Å². The van der Waals surface area contributed by atoms with Gasteiger partial charge in [0.1, 0.15) is 0 Å². The molecule has 1 heterocycles. The van der Waals surface area contributed by atoms with Gasteiger partial charge in [0, 0.05) is 25.2 Å². The first-order chi connectivity index (χ1) is 3.39. The van der Waals surface area contributed by atoms with Crippen molar-refractivity contribution in [1.29, 1.82) is 0 Å². The molecule has 1 N–H and O–H groups in total. The molecule has 1 rings (SSSR count).